The Kier molecular flexibility index (Phi) is 8.32. The van der Waals surface area contributed by atoms with Crippen LogP contribution in [0.4, 0.5) is 0 Å². The lowest BCUT2D eigenvalue weighted by atomic mass is 9.94. The Hall–Kier alpha value is -2.62. The number of amidine groups is 1. The summed E-state index contributed by atoms with van der Waals surface area (Å²) in [6, 6.07) is 10.2. The van der Waals surface area contributed by atoms with E-state index in [1.54, 1.807) is 7.11 Å². The van der Waals surface area contributed by atoms with Gasteiger partial charge in [0.15, 0.2) is 5.17 Å². The molecule has 9 heteroatoms. The molecular weight excluding hydrogens is 488 g/mol. The maximum absolute atomic E-state index is 13.4. The van der Waals surface area contributed by atoms with Crippen LogP contribution in [0.5, 0.6) is 0 Å². The molecule has 4 aliphatic rings. The van der Waals surface area contributed by atoms with Crippen LogP contribution in [-0.2, 0) is 19.1 Å². The monoisotopic (exact) mass is 524 g/mol. The second-order valence-corrected chi connectivity index (χ2v) is 10.8. The zero-order chi connectivity index (χ0) is 25.8. The molecule has 3 aliphatic heterocycles. The molecule has 1 saturated heterocycles. The highest BCUT2D eigenvalue weighted by Gasteiger charge is 2.41. The SMILES string of the molecule is COCCOC(=O)C1=C(C)N=C2SC=C(CC(=O)N3CCN(C4CCCC4)CC3)N2[C@H]1c1ccccc1. The number of esters is 1. The fourth-order valence-electron chi connectivity index (χ4n) is 5.75. The van der Waals surface area contributed by atoms with Crippen LogP contribution in [0.15, 0.2) is 57.7 Å². The van der Waals surface area contributed by atoms with E-state index >= 15 is 0 Å². The normalized spacial score (nSPS) is 22.7. The average molecular weight is 525 g/mol. The van der Waals surface area contributed by atoms with Crippen molar-refractivity contribution in [3.8, 4) is 0 Å². The number of allylic oxidation sites excluding steroid dienone is 1. The molecule has 1 aliphatic carbocycles. The van der Waals surface area contributed by atoms with Crippen LogP contribution in [0.1, 0.15) is 50.6 Å². The quantitative estimate of drug-likeness (QED) is 0.377. The first-order valence-electron chi connectivity index (χ1n) is 13.2. The third-order valence-corrected chi connectivity index (χ3v) is 8.59. The summed E-state index contributed by atoms with van der Waals surface area (Å²) < 4.78 is 10.6. The largest absolute Gasteiger partial charge is 0.460 e. The highest BCUT2D eigenvalue weighted by molar-refractivity contribution is 8.16. The van der Waals surface area contributed by atoms with Gasteiger partial charge in [0, 0.05) is 45.0 Å². The topological polar surface area (TPSA) is 74.7 Å². The maximum Gasteiger partial charge on any atom is 0.338 e. The number of carbonyl (C=O) groups excluding carboxylic acids is 2. The van der Waals surface area contributed by atoms with Gasteiger partial charge in [0.2, 0.25) is 5.91 Å². The fourth-order valence-corrected chi connectivity index (χ4v) is 6.71. The molecule has 198 valence electrons. The lowest BCUT2D eigenvalue weighted by Crippen LogP contribution is -2.51. The van der Waals surface area contributed by atoms with Crippen molar-refractivity contribution >= 4 is 28.8 Å². The van der Waals surface area contributed by atoms with Crippen molar-refractivity contribution in [1.29, 1.82) is 0 Å². The molecule has 0 N–H and O–H groups in total. The molecule has 3 heterocycles. The second kappa shape index (κ2) is 11.8. The van der Waals surface area contributed by atoms with Gasteiger partial charge in [0.05, 0.1) is 30.3 Å². The van der Waals surface area contributed by atoms with Crippen LogP contribution in [0.3, 0.4) is 0 Å². The summed E-state index contributed by atoms with van der Waals surface area (Å²) in [5, 5.41) is 2.79. The molecule has 1 amide bonds. The minimum atomic E-state index is -0.406. The van der Waals surface area contributed by atoms with E-state index in [4.69, 9.17) is 14.5 Å². The molecule has 1 saturated carbocycles. The Labute approximate surface area is 223 Å². The number of fused-ring (bicyclic) bond motifs is 1. The first-order chi connectivity index (χ1) is 18.1. The number of benzene rings is 1. The molecule has 2 fully saturated rings. The van der Waals surface area contributed by atoms with E-state index in [9.17, 15) is 9.59 Å². The molecule has 0 unspecified atom stereocenters. The van der Waals surface area contributed by atoms with Gasteiger partial charge in [-0.2, -0.15) is 0 Å². The van der Waals surface area contributed by atoms with Gasteiger partial charge < -0.3 is 19.3 Å². The van der Waals surface area contributed by atoms with Gasteiger partial charge in [0.1, 0.15) is 6.61 Å². The van der Waals surface area contributed by atoms with Crippen LogP contribution >= 0.6 is 11.8 Å². The Morgan fingerprint density at radius 3 is 2.49 bits per heavy atom. The molecule has 1 aromatic rings. The van der Waals surface area contributed by atoms with Crippen LogP contribution in [0, 0.1) is 0 Å². The number of nitrogens with zero attached hydrogens (tertiary/aromatic N) is 4. The molecule has 37 heavy (non-hydrogen) atoms. The minimum absolute atomic E-state index is 0.126. The van der Waals surface area contributed by atoms with Crippen LogP contribution in [-0.4, -0.2) is 84.3 Å². The summed E-state index contributed by atoms with van der Waals surface area (Å²) in [6.45, 7) is 5.80. The lowest BCUT2D eigenvalue weighted by Gasteiger charge is -2.39. The van der Waals surface area contributed by atoms with Gasteiger partial charge in [-0.15, -0.1) is 0 Å². The number of rotatable bonds is 8. The van der Waals surface area contributed by atoms with Crippen LogP contribution in [0.2, 0.25) is 0 Å². The highest BCUT2D eigenvalue weighted by Crippen LogP contribution is 2.45. The number of hydrogen-bond donors (Lipinski definition) is 0. The van der Waals surface area contributed by atoms with Gasteiger partial charge in [-0.05, 0) is 30.7 Å². The van der Waals surface area contributed by atoms with Gasteiger partial charge in [-0.1, -0.05) is 54.9 Å². The first-order valence-corrected chi connectivity index (χ1v) is 14.1. The summed E-state index contributed by atoms with van der Waals surface area (Å²) in [4.78, 5) is 38.0. The average Bonchev–Trinajstić information content (AvgIpc) is 3.59. The van der Waals surface area contributed by atoms with Crippen molar-refractivity contribution < 1.29 is 19.1 Å². The van der Waals surface area contributed by atoms with Crippen molar-refractivity contribution in [3.05, 3.63) is 58.3 Å². The molecule has 0 radical (unpaired) electrons. The van der Waals surface area contributed by atoms with Crippen molar-refractivity contribution in [1.82, 2.24) is 14.7 Å². The van der Waals surface area contributed by atoms with E-state index in [0.717, 1.165) is 42.6 Å². The summed E-state index contributed by atoms with van der Waals surface area (Å²) in [6.07, 6.45) is 5.52. The fraction of sp³-hybridized carbons (Fsp3) is 0.536. The number of amides is 1. The molecule has 0 bridgehead atoms. The van der Waals surface area contributed by atoms with Gasteiger partial charge in [-0.3, -0.25) is 9.69 Å². The number of methoxy groups -OCH3 is 1. The van der Waals surface area contributed by atoms with Crippen molar-refractivity contribution in [3.63, 3.8) is 0 Å². The Morgan fingerprint density at radius 1 is 1.05 bits per heavy atom. The third kappa shape index (κ3) is 5.63. The van der Waals surface area contributed by atoms with Gasteiger partial charge in [-0.25, -0.2) is 9.79 Å². The first kappa shape index (κ1) is 26.0. The Bertz CT molecular complexity index is 1090. The van der Waals surface area contributed by atoms with E-state index < -0.39 is 12.0 Å². The molecule has 1 aromatic carbocycles. The van der Waals surface area contributed by atoms with E-state index in [1.165, 1.54) is 37.4 Å². The molecule has 0 spiro atoms. The number of hydrogen-bond acceptors (Lipinski definition) is 8. The summed E-state index contributed by atoms with van der Waals surface area (Å²) in [5.41, 5.74) is 2.96. The van der Waals surface area contributed by atoms with Crippen molar-refractivity contribution in [2.75, 3.05) is 46.5 Å². The predicted octanol–water partition coefficient (Wildman–Crippen LogP) is 3.93. The third-order valence-electron chi connectivity index (χ3n) is 7.70. The standard InChI is InChI=1S/C28H36N4O4S/c1-20-25(27(34)36-17-16-35-2)26(21-8-4-3-5-9-21)32-23(19-37-28(32)29-20)18-24(33)31-14-12-30(13-15-31)22-10-6-7-11-22/h3-5,8-9,19,22,26H,6-7,10-18H2,1-2H3/t26-/m0/s1. The highest BCUT2D eigenvalue weighted by atomic mass is 32.2. The van der Waals surface area contributed by atoms with E-state index in [2.05, 4.69) is 4.90 Å². The van der Waals surface area contributed by atoms with E-state index in [0.29, 0.717) is 23.9 Å². The number of piperazine rings is 1. The van der Waals surface area contributed by atoms with Gasteiger partial charge in [0.25, 0.3) is 0 Å². The molecule has 5 rings (SSSR count). The smallest absolute Gasteiger partial charge is 0.338 e. The van der Waals surface area contributed by atoms with Crippen molar-refractivity contribution in [2.45, 2.75) is 51.1 Å². The van der Waals surface area contributed by atoms with Gasteiger partial charge >= 0.3 is 5.97 Å². The number of ether oxygens (including phenoxy) is 2. The van der Waals surface area contributed by atoms with Crippen LogP contribution < -0.4 is 0 Å². The molecular formula is C28H36N4O4S. The number of carbonyl (C=O) groups is 2. The summed E-state index contributed by atoms with van der Waals surface area (Å²) in [5.74, 6) is -0.279. The van der Waals surface area contributed by atoms with E-state index in [-0.39, 0.29) is 18.9 Å². The number of thioether (sulfide) groups is 1. The zero-order valence-electron chi connectivity index (χ0n) is 21.7. The predicted molar refractivity (Wildman–Crippen MR) is 145 cm³/mol. The maximum atomic E-state index is 13.4. The molecule has 0 aromatic heterocycles. The summed E-state index contributed by atoms with van der Waals surface area (Å²) >= 11 is 1.51. The lowest BCUT2D eigenvalue weighted by molar-refractivity contribution is -0.141. The number of aliphatic imine (C=N–C) groups is 1. The summed E-state index contributed by atoms with van der Waals surface area (Å²) in [7, 11) is 1.58. The molecule has 1 atom stereocenters. The zero-order valence-corrected chi connectivity index (χ0v) is 22.5. The Balaban J connectivity index is 1.32. The van der Waals surface area contributed by atoms with Crippen molar-refractivity contribution in [2.24, 2.45) is 4.99 Å². The van der Waals surface area contributed by atoms with Crippen LogP contribution in [0.25, 0.3) is 0 Å². The second-order valence-electron chi connectivity index (χ2n) is 9.96. The van der Waals surface area contributed by atoms with E-state index in [1.807, 2.05) is 52.5 Å². The molecule has 8 nitrogen and oxygen atoms in total. The Morgan fingerprint density at radius 2 is 1.78 bits per heavy atom. The minimum Gasteiger partial charge on any atom is -0.460 e.